The molecule has 0 radical (unpaired) electrons. The van der Waals surface area contributed by atoms with Gasteiger partial charge in [-0.2, -0.15) is 10.1 Å². The van der Waals surface area contributed by atoms with Gasteiger partial charge in [0.1, 0.15) is 0 Å². The van der Waals surface area contributed by atoms with Crippen LogP contribution in [0, 0.1) is 6.92 Å². The molecule has 0 saturated carbocycles. The Bertz CT molecular complexity index is 716. The first kappa shape index (κ1) is 12.4. The summed E-state index contributed by atoms with van der Waals surface area (Å²) in [7, 11) is 1.90. The molecule has 0 fully saturated rings. The number of benzene rings is 1. The van der Waals surface area contributed by atoms with Crippen molar-refractivity contribution in [3.8, 4) is 11.5 Å². The second-order valence-corrected chi connectivity index (χ2v) is 4.57. The summed E-state index contributed by atoms with van der Waals surface area (Å²) in [6.45, 7) is 2.50. The predicted octanol–water partition coefficient (Wildman–Crippen LogP) is 2.39. The molecule has 6 nitrogen and oxygen atoms in total. The third-order valence-electron chi connectivity index (χ3n) is 2.93. The fourth-order valence-corrected chi connectivity index (χ4v) is 1.99. The van der Waals surface area contributed by atoms with Gasteiger partial charge in [0.05, 0.1) is 11.8 Å². The van der Waals surface area contributed by atoms with Gasteiger partial charge in [-0.15, -0.1) is 0 Å². The van der Waals surface area contributed by atoms with E-state index in [1.54, 1.807) is 11.6 Å². The number of aromatic nitrogens is 4. The highest BCUT2D eigenvalue weighted by atomic mass is 16.5. The smallest absolute Gasteiger partial charge is 0.260 e. The number of nitrogens with zero attached hydrogens (tertiary/aromatic N) is 4. The summed E-state index contributed by atoms with van der Waals surface area (Å²) in [6, 6.07) is 7.87. The maximum Gasteiger partial charge on any atom is 0.260 e. The molecular formula is C14H15N5O. The first-order valence-corrected chi connectivity index (χ1v) is 6.33. The van der Waals surface area contributed by atoms with Crippen molar-refractivity contribution in [2.24, 2.45) is 7.05 Å². The molecule has 0 bridgehead atoms. The zero-order valence-corrected chi connectivity index (χ0v) is 11.4. The fraction of sp³-hybridized carbons (Fsp3) is 0.214. The number of hydrogen-bond donors (Lipinski definition) is 1. The normalized spacial score (nSPS) is 10.7. The highest BCUT2D eigenvalue weighted by Crippen LogP contribution is 2.26. The van der Waals surface area contributed by atoms with Crippen molar-refractivity contribution in [3.63, 3.8) is 0 Å². The van der Waals surface area contributed by atoms with Gasteiger partial charge in [-0.05, 0) is 19.1 Å². The molecule has 6 heteroatoms. The van der Waals surface area contributed by atoms with Gasteiger partial charge in [-0.1, -0.05) is 17.3 Å². The monoisotopic (exact) mass is 269 g/mol. The van der Waals surface area contributed by atoms with E-state index in [4.69, 9.17) is 4.52 Å². The topological polar surface area (TPSA) is 68.8 Å². The van der Waals surface area contributed by atoms with Gasteiger partial charge in [-0.25, -0.2) is 0 Å². The maximum absolute atomic E-state index is 5.23. The lowest BCUT2D eigenvalue weighted by atomic mass is 10.1. The van der Waals surface area contributed by atoms with E-state index in [9.17, 15) is 0 Å². The lowest BCUT2D eigenvalue weighted by molar-refractivity contribution is 0.426. The highest BCUT2D eigenvalue weighted by molar-refractivity contribution is 5.72. The highest BCUT2D eigenvalue weighted by Gasteiger charge is 2.11. The van der Waals surface area contributed by atoms with Gasteiger partial charge < -0.3 is 9.84 Å². The molecule has 0 spiro atoms. The van der Waals surface area contributed by atoms with Gasteiger partial charge in [0.15, 0.2) is 5.82 Å². The van der Waals surface area contributed by atoms with Gasteiger partial charge in [0.2, 0.25) is 0 Å². The molecule has 3 rings (SSSR count). The van der Waals surface area contributed by atoms with Crippen LogP contribution in [0.1, 0.15) is 11.4 Å². The number of rotatable bonds is 4. The van der Waals surface area contributed by atoms with Gasteiger partial charge in [-0.3, -0.25) is 4.68 Å². The quantitative estimate of drug-likeness (QED) is 0.787. The summed E-state index contributed by atoms with van der Waals surface area (Å²) in [4.78, 5) is 4.27. The van der Waals surface area contributed by atoms with Crippen LogP contribution in [0.5, 0.6) is 0 Å². The Morgan fingerprint density at radius 3 is 2.85 bits per heavy atom. The van der Waals surface area contributed by atoms with E-state index >= 15 is 0 Å². The maximum atomic E-state index is 5.23. The van der Waals surface area contributed by atoms with E-state index in [-0.39, 0.29) is 0 Å². The summed E-state index contributed by atoms with van der Waals surface area (Å²) in [6.07, 6.45) is 3.82. The van der Waals surface area contributed by atoms with Gasteiger partial charge in [0, 0.05) is 31.0 Å². The Balaban J connectivity index is 1.83. The lowest BCUT2D eigenvalue weighted by Crippen LogP contribution is -2.00. The molecule has 0 amide bonds. The van der Waals surface area contributed by atoms with Crippen molar-refractivity contribution < 1.29 is 4.52 Å². The SMILES string of the molecule is Cc1noc(-c2ccccc2NCc2cnn(C)c2)n1. The molecule has 2 aromatic heterocycles. The zero-order chi connectivity index (χ0) is 13.9. The van der Waals surface area contributed by atoms with Crippen LogP contribution in [0.25, 0.3) is 11.5 Å². The number of anilines is 1. The summed E-state index contributed by atoms with van der Waals surface area (Å²) < 4.78 is 7.01. The van der Waals surface area contributed by atoms with E-state index in [0.717, 1.165) is 16.8 Å². The second kappa shape index (κ2) is 5.16. The summed E-state index contributed by atoms with van der Waals surface area (Å²) in [5.74, 6) is 1.15. The molecule has 20 heavy (non-hydrogen) atoms. The summed E-state index contributed by atoms with van der Waals surface area (Å²) >= 11 is 0. The minimum Gasteiger partial charge on any atom is -0.380 e. The summed E-state index contributed by atoms with van der Waals surface area (Å²) in [5, 5.41) is 11.3. The number of aryl methyl sites for hydroxylation is 2. The van der Waals surface area contributed by atoms with Crippen LogP contribution in [-0.2, 0) is 13.6 Å². The molecule has 1 N–H and O–H groups in total. The zero-order valence-electron chi connectivity index (χ0n) is 11.4. The standard InChI is InChI=1S/C14H15N5O/c1-10-17-14(20-18-10)12-5-3-4-6-13(12)15-7-11-8-16-19(2)9-11/h3-6,8-9,15H,7H2,1-2H3. The Morgan fingerprint density at radius 2 is 2.15 bits per heavy atom. The second-order valence-electron chi connectivity index (χ2n) is 4.57. The predicted molar refractivity (Wildman–Crippen MR) is 75.0 cm³/mol. The summed E-state index contributed by atoms with van der Waals surface area (Å²) in [5.41, 5.74) is 2.97. The minimum absolute atomic E-state index is 0.525. The fourth-order valence-electron chi connectivity index (χ4n) is 1.99. The molecule has 0 unspecified atom stereocenters. The number of para-hydroxylation sites is 1. The van der Waals surface area contributed by atoms with Crippen molar-refractivity contribution in [2.75, 3.05) is 5.32 Å². The molecule has 1 aromatic carbocycles. The van der Waals surface area contributed by atoms with Crippen LogP contribution in [0.3, 0.4) is 0 Å². The average molecular weight is 269 g/mol. The van der Waals surface area contributed by atoms with Crippen molar-refractivity contribution in [3.05, 3.63) is 48.0 Å². The van der Waals surface area contributed by atoms with Crippen molar-refractivity contribution in [1.29, 1.82) is 0 Å². The van der Waals surface area contributed by atoms with Gasteiger partial charge in [0.25, 0.3) is 5.89 Å². The van der Waals surface area contributed by atoms with Crippen LogP contribution in [0.4, 0.5) is 5.69 Å². The van der Waals surface area contributed by atoms with Crippen LogP contribution in [-0.4, -0.2) is 19.9 Å². The number of nitrogens with one attached hydrogen (secondary N) is 1. The van der Waals surface area contributed by atoms with Crippen molar-refractivity contribution in [2.45, 2.75) is 13.5 Å². The molecule has 0 aliphatic rings. The third kappa shape index (κ3) is 2.54. The average Bonchev–Trinajstić information content (AvgIpc) is 3.06. The molecule has 0 saturated heterocycles. The largest absolute Gasteiger partial charge is 0.380 e. The first-order chi connectivity index (χ1) is 9.72. The molecule has 2 heterocycles. The Hall–Kier alpha value is -2.63. The van der Waals surface area contributed by atoms with Crippen LogP contribution in [0.15, 0.2) is 41.2 Å². The molecule has 0 aliphatic heterocycles. The third-order valence-corrected chi connectivity index (χ3v) is 2.93. The molecule has 102 valence electrons. The number of hydrogen-bond acceptors (Lipinski definition) is 5. The Morgan fingerprint density at radius 1 is 1.30 bits per heavy atom. The molecular weight excluding hydrogens is 254 g/mol. The minimum atomic E-state index is 0.525. The first-order valence-electron chi connectivity index (χ1n) is 6.33. The van der Waals surface area contributed by atoms with E-state index < -0.39 is 0 Å². The Labute approximate surface area is 116 Å². The molecule has 3 aromatic rings. The van der Waals surface area contributed by atoms with E-state index in [1.165, 1.54) is 0 Å². The van der Waals surface area contributed by atoms with Crippen LogP contribution >= 0.6 is 0 Å². The molecule has 0 aliphatic carbocycles. The Kier molecular flexibility index (Phi) is 3.20. The lowest BCUT2D eigenvalue weighted by Gasteiger charge is -2.08. The van der Waals surface area contributed by atoms with Crippen LogP contribution < -0.4 is 5.32 Å². The molecule has 0 atom stereocenters. The van der Waals surface area contributed by atoms with Crippen molar-refractivity contribution >= 4 is 5.69 Å². The van der Waals surface area contributed by atoms with E-state index in [0.29, 0.717) is 18.3 Å². The van der Waals surface area contributed by atoms with Crippen LogP contribution in [0.2, 0.25) is 0 Å². The van der Waals surface area contributed by atoms with E-state index in [1.807, 2.05) is 43.7 Å². The van der Waals surface area contributed by atoms with E-state index in [2.05, 4.69) is 20.6 Å². The van der Waals surface area contributed by atoms with Crippen molar-refractivity contribution in [1.82, 2.24) is 19.9 Å². The van der Waals surface area contributed by atoms with Gasteiger partial charge >= 0.3 is 0 Å².